The van der Waals surface area contributed by atoms with Gasteiger partial charge in [0.25, 0.3) is 0 Å². The lowest BCUT2D eigenvalue weighted by Gasteiger charge is -2.29. The van der Waals surface area contributed by atoms with Crippen LogP contribution < -0.4 is 0 Å². The van der Waals surface area contributed by atoms with E-state index in [1.165, 1.54) is 4.90 Å². The SMILES string of the molecule is CN1C(=O)OC2CCC(C(=O)O)CC21. The van der Waals surface area contributed by atoms with Crippen LogP contribution in [-0.4, -0.2) is 41.3 Å². The number of aliphatic carboxylic acids is 1. The minimum atomic E-state index is -0.767. The average molecular weight is 199 g/mol. The van der Waals surface area contributed by atoms with Gasteiger partial charge >= 0.3 is 12.1 Å². The number of rotatable bonds is 1. The van der Waals surface area contributed by atoms with Gasteiger partial charge in [0.15, 0.2) is 0 Å². The standard InChI is InChI=1S/C9H13NO4/c1-10-6-4-5(8(11)12)2-3-7(6)14-9(10)13/h5-7H,2-4H2,1H3,(H,11,12). The van der Waals surface area contributed by atoms with E-state index in [2.05, 4.69) is 0 Å². The van der Waals surface area contributed by atoms with Crippen molar-refractivity contribution in [2.24, 2.45) is 5.92 Å². The number of nitrogens with zero attached hydrogens (tertiary/aromatic N) is 1. The summed E-state index contributed by atoms with van der Waals surface area (Å²) in [6.07, 6.45) is 1.37. The summed E-state index contributed by atoms with van der Waals surface area (Å²) in [5.74, 6) is -1.09. The molecule has 2 aliphatic rings. The van der Waals surface area contributed by atoms with Crippen LogP contribution in [-0.2, 0) is 9.53 Å². The van der Waals surface area contributed by atoms with E-state index < -0.39 is 5.97 Å². The Labute approximate surface area is 81.6 Å². The molecule has 3 unspecified atom stereocenters. The van der Waals surface area contributed by atoms with Crippen molar-refractivity contribution in [2.45, 2.75) is 31.4 Å². The Morgan fingerprint density at radius 2 is 2.29 bits per heavy atom. The fourth-order valence-electron chi connectivity index (χ4n) is 2.24. The van der Waals surface area contributed by atoms with E-state index in [1.807, 2.05) is 0 Å². The monoisotopic (exact) mass is 199 g/mol. The normalized spacial score (nSPS) is 36.5. The summed E-state index contributed by atoms with van der Waals surface area (Å²) in [6.45, 7) is 0. The van der Waals surface area contributed by atoms with Crippen LogP contribution in [0.15, 0.2) is 0 Å². The topological polar surface area (TPSA) is 66.8 Å². The smallest absolute Gasteiger partial charge is 0.410 e. The quantitative estimate of drug-likeness (QED) is 0.674. The first-order valence-corrected chi connectivity index (χ1v) is 4.76. The van der Waals surface area contributed by atoms with E-state index in [1.54, 1.807) is 7.05 Å². The van der Waals surface area contributed by atoms with E-state index in [0.717, 1.165) is 0 Å². The molecule has 1 amide bonds. The van der Waals surface area contributed by atoms with Gasteiger partial charge in [-0.15, -0.1) is 0 Å². The summed E-state index contributed by atoms with van der Waals surface area (Å²) < 4.78 is 5.10. The molecule has 1 saturated heterocycles. The predicted octanol–water partition coefficient (Wildman–Crippen LogP) is 0.690. The molecular formula is C9H13NO4. The number of carboxylic acid groups (broad SMARTS) is 1. The number of carbonyl (C=O) groups excluding carboxylic acids is 1. The van der Waals surface area contributed by atoms with Crippen LogP contribution in [0.5, 0.6) is 0 Å². The predicted molar refractivity (Wildman–Crippen MR) is 46.8 cm³/mol. The fraction of sp³-hybridized carbons (Fsp3) is 0.778. The lowest BCUT2D eigenvalue weighted by Crippen LogP contribution is -2.40. The Bertz CT molecular complexity index is 278. The van der Waals surface area contributed by atoms with Gasteiger partial charge in [-0.05, 0) is 19.3 Å². The summed E-state index contributed by atoms with van der Waals surface area (Å²) >= 11 is 0. The minimum absolute atomic E-state index is 0.0441. The van der Waals surface area contributed by atoms with Crippen LogP contribution in [0.25, 0.3) is 0 Å². The van der Waals surface area contributed by atoms with Gasteiger partial charge < -0.3 is 14.7 Å². The first kappa shape index (κ1) is 9.30. The third-order valence-electron chi connectivity index (χ3n) is 3.14. The highest BCUT2D eigenvalue weighted by Gasteiger charge is 2.44. The van der Waals surface area contributed by atoms with E-state index in [9.17, 15) is 9.59 Å². The molecule has 2 rings (SSSR count). The number of hydrogen-bond donors (Lipinski definition) is 1. The third-order valence-corrected chi connectivity index (χ3v) is 3.14. The van der Waals surface area contributed by atoms with Crippen LogP contribution in [0.2, 0.25) is 0 Å². The van der Waals surface area contributed by atoms with E-state index in [-0.39, 0.29) is 24.2 Å². The Morgan fingerprint density at radius 3 is 2.93 bits per heavy atom. The van der Waals surface area contributed by atoms with Gasteiger partial charge in [0.05, 0.1) is 12.0 Å². The lowest BCUT2D eigenvalue weighted by molar-refractivity contribution is -0.143. The number of fused-ring (bicyclic) bond motifs is 1. The van der Waals surface area contributed by atoms with E-state index in [0.29, 0.717) is 19.3 Å². The van der Waals surface area contributed by atoms with Crippen molar-refractivity contribution >= 4 is 12.1 Å². The van der Waals surface area contributed by atoms with Crippen LogP contribution in [0.4, 0.5) is 4.79 Å². The van der Waals surface area contributed by atoms with Crippen LogP contribution in [0.3, 0.4) is 0 Å². The van der Waals surface area contributed by atoms with Crippen molar-refractivity contribution < 1.29 is 19.4 Å². The molecule has 2 fully saturated rings. The van der Waals surface area contributed by atoms with E-state index in [4.69, 9.17) is 9.84 Å². The molecule has 0 radical (unpaired) electrons. The molecule has 1 aliphatic carbocycles. The molecule has 0 bridgehead atoms. The zero-order chi connectivity index (χ0) is 10.3. The second kappa shape index (κ2) is 3.15. The number of carbonyl (C=O) groups is 2. The maximum absolute atomic E-state index is 11.2. The number of amides is 1. The minimum Gasteiger partial charge on any atom is -0.481 e. The molecule has 0 spiro atoms. The number of likely N-dealkylation sites (N-methyl/N-ethyl adjacent to an activating group) is 1. The van der Waals surface area contributed by atoms with Crippen molar-refractivity contribution in [3.63, 3.8) is 0 Å². The molecule has 0 aromatic carbocycles. The summed E-state index contributed by atoms with van der Waals surface area (Å²) in [7, 11) is 1.66. The molecule has 5 heteroatoms. The lowest BCUT2D eigenvalue weighted by atomic mass is 9.84. The van der Waals surface area contributed by atoms with Crippen molar-refractivity contribution in [3.8, 4) is 0 Å². The second-order valence-corrected chi connectivity index (χ2v) is 3.95. The molecule has 0 aromatic heterocycles. The third kappa shape index (κ3) is 1.32. The van der Waals surface area contributed by atoms with Gasteiger partial charge in [0.1, 0.15) is 6.10 Å². The Morgan fingerprint density at radius 1 is 1.57 bits per heavy atom. The number of hydrogen-bond acceptors (Lipinski definition) is 3. The molecule has 78 valence electrons. The molecule has 1 aliphatic heterocycles. The first-order chi connectivity index (χ1) is 6.59. The Kier molecular flexibility index (Phi) is 2.09. The zero-order valence-corrected chi connectivity index (χ0v) is 7.97. The van der Waals surface area contributed by atoms with Gasteiger partial charge in [-0.3, -0.25) is 4.79 Å². The molecule has 0 aromatic rings. The summed E-state index contributed by atoms with van der Waals surface area (Å²) in [5, 5.41) is 8.87. The first-order valence-electron chi connectivity index (χ1n) is 4.76. The fourth-order valence-corrected chi connectivity index (χ4v) is 2.24. The van der Waals surface area contributed by atoms with Crippen LogP contribution >= 0.6 is 0 Å². The highest BCUT2D eigenvalue weighted by atomic mass is 16.6. The zero-order valence-electron chi connectivity index (χ0n) is 7.97. The van der Waals surface area contributed by atoms with Crippen molar-refractivity contribution in [1.82, 2.24) is 4.90 Å². The molecule has 5 nitrogen and oxygen atoms in total. The van der Waals surface area contributed by atoms with Gasteiger partial charge in [0, 0.05) is 7.05 Å². The van der Waals surface area contributed by atoms with Crippen molar-refractivity contribution in [2.75, 3.05) is 7.05 Å². The number of carboxylic acids is 1. The van der Waals surface area contributed by atoms with Crippen molar-refractivity contribution in [3.05, 3.63) is 0 Å². The highest BCUT2D eigenvalue weighted by molar-refractivity contribution is 5.72. The average Bonchev–Trinajstić information content (AvgIpc) is 2.43. The van der Waals surface area contributed by atoms with Gasteiger partial charge in [-0.1, -0.05) is 0 Å². The van der Waals surface area contributed by atoms with Gasteiger partial charge in [-0.25, -0.2) is 4.79 Å². The maximum Gasteiger partial charge on any atom is 0.410 e. The molecule has 14 heavy (non-hydrogen) atoms. The molecule has 1 heterocycles. The van der Waals surface area contributed by atoms with Crippen LogP contribution in [0.1, 0.15) is 19.3 Å². The van der Waals surface area contributed by atoms with Crippen molar-refractivity contribution in [1.29, 1.82) is 0 Å². The molecular weight excluding hydrogens is 186 g/mol. The number of ether oxygens (including phenoxy) is 1. The van der Waals surface area contributed by atoms with Gasteiger partial charge in [-0.2, -0.15) is 0 Å². The molecule has 3 atom stereocenters. The Balaban J connectivity index is 2.08. The Hall–Kier alpha value is -1.26. The molecule has 1 N–H and O–H groups in total. The molecule has 1 saturated carbocycles. The van der Waals surface area contributed by atoms with E-state index >= 15 is 0 Å². The maximum atomic E-state index is 11.2. The highest BCUT2D eigenvalue weighted by Crippen LogP contribution is 2.34. The van der Waals surface area contributed by atoms with Gasteiger partial charge in [0.2, 0.25) is 0 Å². The summed E-state index contributed by atoms with van der Waals surface area (Å²) in [6, 6.07) is -0.0441. The summed E-state index contributed by atoms with van der Waals surface area (Å²) in [4.78, 5) is 23.5. The second-order valence-electron chi connectivity index (χ2n) is 3.95. The largest absolute Gasteiger partial charge is 0.481 e. The summed E-state index contributed by atoms with van der Waals surface area (Å²) in [5.41, 5.74) is 0. The van der Waals surface area contributed by atoms with Crippen LogP contribution in [0, 0.1) is 5.92 Å².